The van der Waals surface area contributed by atoms with Crippen molar-refractivity contribution < 1.29 is 4.79 Å². The summed E-state index contributed by atoms with van der Waals surface area (Å²) in [5.41, 5.74) is 1.91. The van der Waals surface area contributed by atoms with Crippen LogP contribution in [0.15, 0.2) is 57.6 Å². The number of amidine groups is 2. The molecule has 0 spiro atoms. The minimum absolute atomic E-state index is 0.207. The van der Waals surface area contributed by atoms with Crippen LogP contribution in [0.4, 0.5) is 0 Å². The second-order valence-electron chi connectivity index (χ2n) is 5.22. The van der Waals surface area contributed by atoms with Crippen molar-refractivity contribution in [2.75, 3.05) is 5.88 Å². The van der Waals surface area contributed by atoms with Crippen molar-refractivity contribution in [1.82, 2.24) is 4.90 Å². The molecule has 2 aliphatic heterocycles. The maximum Gasteiger partial charge on any atom is 0.247 e. The first-order valence-electron chi connectivity index (χ1n) is 7.34. The zero-order chi connectivity index (χ0) is 16.2. The van der Waals surface area contributed by atoms with Gasteiger partial charge in [0, 0.05) is 30.6 Å². The fraction of sp³-hybridized carbons (Fsp3) is 0.235. The molecule has 0 bridgehead atoms. The Morgan fingerprint density at radius 1 is 1.30 bits per heavy atom. The highest BCUT2D eigenvalue weighted by molar-refractivity contribution is 6.32. The molecule has 1 aromatic rings. The van der Waals surface area contributed by atoms with Crippen LogP contribution in [0, 0.1) is 0 Å². The molecular weight excluding hydrogens is 333 g/mol. The first-order chi connectivity index (χ1) is 11.2. The van der Waals surface area contributed by atoms with E-state index in [1.165, 1.54) is 0 Å². The Morgan fingerprint density at radius 2 is 2.13 bits per heavy atom. The molecular formula is C17H15Cl2N3O. The van der Waals surface area contributed by atoms with E-state index in [0.717, 1.165) is 17.0 Å². The molecule has 1 amide bonds. The largest absolute Gasteiger partial charge is 0.327 e. The van der Waals surface area contributed by atoms with Crippen molar-refractivity contribution in [2.24, 2.45) is 9.98 Å². The third-order valence-corrected chi connectivity index (χ3v) is 4.03. The number of alkyl halides is 1. The van der Waals surface area contributed by atoms with Crippen LogP contribution in [0.5, 0.6) is 0 Å². The van der Waals surface area contributed by atoms with Gasteiger partial charge >= 0.3 is 0 Å². The molecule has 1 aromatic carbocycles. The van der Waals surface area contributed by atoms with Gasteiger partial charge in [-0.05, 0) is 24.1 Å². The number of nitrogens with zero attached hydrogens (tertiary/aromatic N) is 3. The van der Waals surface area contributed by atoms with Gasteiger partial charge in [0.2, 0.25) is 5.91 Å². The third-order valence-electron chi connectivity index (χ3n) is 3.54. The van der Waals surface area contributed by atoms with E-state index in [-0.39, 0.29) is 5.91 Å². The summed E-state index contributed by atoms with van der Waals surface area (Å²) in [4.78, 5) is 22.7. The van der Waals surface area contributed by atoms with Crippen LogP contribution in [0.25, 0.3) is 0 Å². The lowest BCUT2D eigenvalue weighted by Gasteiger charge is -2.21. The van der Waals surface area contributed by atoms with E-state index in [1.807, 2.05) is 41.4 Å². The summed E-state index contributed by atoms with van der Waals surface area (Å²) in [6.07, 6.45) is 6.37. The summed E-state index contributed by atoms with van der Waals surface area (Å²) >= 11 is 11.7. The molecule has 4 nitrogen and oxygen atoms in total. The Morgan fingerprint density at radius 3 is 2.96 bits per heavy atom. The topological polar surface area (TPSA) is 45.0 Å². The van der Waals surface area contributed by atoms with Crippen LogP contribution in [-0.2, 0) is 11.3 Å². The first kappa shape index (κ1) is 16.0. The zero-order valence-corrected chi connectivity index (χ0v) is 13.9. The van der Waals surface area contributed by atoms with Gasteiger partial charge in [0.05, 0.1) is 5.03 Å². The van der Waals surface area contributed by atoms with Crippen molar-refractivity contribution >= 4 is 40.8 Å². The molecule has 0 aromatic heterocycles. The number of amides is 1. The molecule has 0 atom stereocenters. The highest BCUT2D eigenvalue weighted by Crippen LogP contribution is 2.23. The Bertz CT molecular complexity index is 750. The fourth-order valence-electron chi connectivity index (χ4n) is 2.44. The molecule has 0 saturated carbocycles. The lowest BCUT2D eigenvalue weighted by Crippen LogP contribution is -2.25. The summed E-state index contributed by atoms with van der Waals surface area (Å²) in [6, 6.07) is 7.82. The van der Waals surface area contributed by atoms with Gasteiger partial charge in [-0.1, -0.05) is 35.9 Å². The lowest BCUT2D eigenvalue weighted by molar-refractivity contribution is -0.117. The molecule has 0 fully saturated rings. The number of carbonyl (C=O) groups excluding carboxylic acids is 1. The van der Waals surface area contributed by atoms with E-state index in [1.54, 1.807) is 6.08 Å². The summed E-state index contributed by atoms with van der Waals surface area (Å²) in [5.74, 6) is 1.39. The van der Waals surface area contributed by atoms with E-state index >= 15 is 0 Å². The SMILES string of the molecule is O=C(CCCCl)N=C1N=C2C=CC(Cl)=CN2Cc2ccccc21. The van der Waals surface area contributed by atoms with Gasteiger partial charge in [0.25, 0.3) is 0 Å². The van der Waals surface area contributed by atoms with E-state index in [4.69, 9.17) is 23.2 Å². The highest BCUT2D eigenvalue weighted by Gasteiger charge is 2.21. The van der Waals surface area contributed by atoms with Gasteiger partial charge in [-0.3, -0.25) is 4.79 Å². The van der Waals surface area contributed by atoms with Gasteiger partial charge < -0.3 is 4.90 Å². The number of carbonyl (C=O) groups is 1. The Labute approximate surface area is 144 Å². The number of benzene rings is 1. The molecule has 0 N–H and O–H groups in total. The predicted molar refractivity (Wildman–Crippen MR) is 94.0 cm³/mol. The number of rotatable bonds is 3. The molecule has 118 valence electrons. The average Bonchev–Trinajstić information content (AvgIpc) is 2.69. The number of fused-ring (bicyclic) bond motifs is 2. The van der Waals surface area contributed by atoms with Gasteiger partial charge in [-0.15, -0.1) is 11.6 Å². The number of allylic oxidation sites excluding steroid dienone is 2. The number of hydrogen-bond acceptors (Lipinski definition) is 2. The summed E-state index contributed by atoms with van der Waals surface area (Å²) < 4.78 is 0. The first-order valence-corrected chi connectivity index (χ1v) is 8.25. The number of aliphatic imine (C=N–C) groups is 2. The van der Waals surface area contributed by atoms with Crippen LogP contribution in [-0.4, -0.2) is 28.4 Å². The smallest absolute Gasteiger partial charge is 0.247 e. The van der Waals surface area contributed by atoms with Crippen LogP contribution in [0.3, 0.4) is 0 Å². The minimum atomic E-state index is -0.207. The highest BCUT2D eigenvalue weighted by atomic mass is 35.5. The summed E-state index contributed by atoms with van der Waals surface area (Å²) in [5, 5.41) is 0.639. The monoisotopic (exact) mass is 347 g/mol. The quantitative estimate of drug-likeness (QED) is 0.779. The summed E-state index contributed by atoms with van der Waals surface area (Å²) in [7, 11) is 0. The molecule has 0 unspecified atom stereocenters. The Balaban J connectivity index is 2.03. The van der Waals surface area contributed by atoms with E-state index in [2.05, 4.69) is 9.98 Å². The average molecular weight is 348 g/mol. The Hall–Kier alpha value is -1.91. The number of hydrogen-bond donors (Lipinski definition) is 0. The van der Waals surface area contributed by atoms with Gasteiger partial charge in [-0.2, -0.15) is 4.99 Å². The molecule has 3 rings (SSSR count). The zero-order valence-electron chi connectivity index (χ0n) is 12.4. The minimum Gasteiger partial charge on any atom is -0.327 e. The van der Waals surface area contributed by atoms with E-state index in [9.17, 15) is 4.79 Å². The van der Waals surface area contributed by atoms with Gasteiger partial charge in [0.15, 0.2) is 5.84 Å². The van der Waals surface area contributed by atoms with Gasteiger partial charge in [0.1, 0.15) is 5.84 Å². The van der Waals surface area contributed by atoms with Crippen LogP contribution in [0.2, 0.25) is 0 Å². The van der Waals surface area contributed by atoms with Crippen LogP contribution < -0.4 is 0 Å². The second-order valence-corrected chi connectivity index (χ2v) is 6.04. The van der Waals surface area contributed by atoms with E-state index in [0.29, 0.717) is 36.1 Å². The lowest BCUT2D eigenvalue weighted by atomic mass is 10.1. The maximum absolute atomic E-state index is 12.0. The van der Waals surface area contributed by atoms with Gasteiger partial charge in [-0.25, -0.2) is 4.99 Å². The van der Waals surface area contributed by atoms with Crippen molar-refractivity contribution in [1.29, 1.82) is 0 Å². The fourth-order valence-corrected chi connectivity index (χ4v) is 2.76. The standard InChI is InChI=1S/C17H15Cl2N3O/c18-9-3-6-16(23)21-17-14-5-2-1-4-12(14)10-22-11-13(19)7-8-15(22)20-17/h1-2,4-5,7-8,11H,3,6,9-10H2. The van der Waals surface area contributed by atoms with Crippen molar-refractivity contribution in [3.05, 3.63) is 58.8 Å². The van der Waals surface area contributed by atoms with Crippen molar-refractivity contribution in [3.63, 3.8) is 0 Å². The molecule has 2 aliphatic rings. The van der Waals surface area contributed by atoms with Crippen molar-refractivity contribution in [3.8, 4) is 0 Å². The van der Waals surface area contributed by atoms with Crippen LogP contribution >= 0.6 is 23.2 Å². The third kappa shape index (κ3) is 3.71. The number of halogens is 2. The molecule has 6 heteroatoms. The maximum atomic E-state index is 12.0. The molecule has 23 heavy (non-hydrogen) atoms. The molecule has 0 aliphatic carbocycles. The van der Waals surface area contributed by atoms with Crippen LogP contribution in [0.1, 0.15) is 24.0 Å². The second kappa shape index (κ2) is 7.11. The van der Waals surface area contributed by atoms with E-state index < -0.39 is 0 Å². The normalized spacial score (nSPS) is 18.0. The summed E-state index contributed by atoms with van der Waals surface area (Å²) in [6.45, 7) is 0.629. The molecule has 0 saturated heterocycles. The molecule has 2 heterocycles. The Kier molecular flexibility index (Phi) is 4.94. The van der Waals surface area contributed by atoms with Crippen molar-refractivity contribution in [2.45, 2.75) is 19.4 Å². The molecule has 0 radical (unpaired) electrons. The predicted octanol–water partition coefficient (Wildman–Crippen LogP) is 3.84.